The van der Waals surface area contributed by atoms with Gasteiger partial charge in [-0.1, -0.05) is 133 Å². The van der Waals surface area contributed by atoms with E-state index in [1.54, 1.807) is 0 Å². The van der Waals surface area contributed by atoms with Crippen LogP contribution in [0.1, 0.15) is 0 Å². The van der Waals surface area contributed by atoms with Gasteiger partial charge in [0.2, 0.25) is 0 Å². The summed E-state index contributed by atoms with van der Waals surface area (Å²) < 4.78 is 11.2. The van der Waals surface area contributed by atoms with Crippen LogP contribution in [0.2, 0.25) is 0 Å². The number of fused-ring (bicyclic) bond motifs is 10. The number of hydrogen-bond acceptors (Lipinski definition) is 4. The molecular weight excluding hydrogens is 699 g/mol. The van der Waals surface area contributed by atoms with Crippen LogP contribution in [0.4, 0.5) is 0 Å². The molecule has 0 saturated heterocycles. The third kappa shape index (κ3) is 4.87. The van der Waals surface area contributed by atoms with Crippen molar-refractivity contribution < 1.29 is 4.42 Å². The van der Waals surface area contributed by atoms with E-state index in [-0.39, 0.29) is 0 Å². The average Bonchev–Trinajstić information content (AvgIpc) is 3.94. The molecule has 6 heteroatoms. The molecule has 0 aliphatic rings. The second kappa shape index (κ2) is 12.3. The van der Waals surface area contributed by atoms with Crippen LogP contribution in [0.15, 0.2) is 192 Å². The number of rotatable bonds is 5. The van der Waals surface area contributed by atoms with Gasteiger partial charge in [-0.25, -0.2) is 15.0 Å². The first-order valence-corrected chi connectivity index (χ1v) is 19.1. The summed E-state index contributed by atoms with van der Waals surface area (Å²) in [5.41, 5.74) is 11.1. The minimum Gasteiger partial charge on any atom is -0.456 e. The van der Waals surface area contributed by atoms with Gasteiger partial charge in [-0.05, 0) is 54.6 Å². The standard InChI is InChI=1S/C51H31N5O/c1-3-14-32(15-4-1)49-52-50(33-16-5-2-6-17-33)54-51(53-49)34-18-13-19-35(30-34)56-43-28-29-46-48(40-22-9-12-25-45(40)57-46)47(43)39-27-26-36(31-44(39)56)55-41-23-10-7-20-37(41)38-21-8-11-24-42(38)55/h1-31H. The van der Waals surface area contributed by atoms with Crippen LogP contribution in [-0.4, -0.2) is 24.1 Å². The molecule has 0 radical (unpaired) electrons. The van der Waals surface area contributed by atoms with Crippen LogP contribution >= 0.6 is 0 Å². The van der Waals surface area contributed by atoms with Crippen LogP contribution in [0, 0.1) is 0 Å². The molecule has 4 aromatic heterocycles. The van der Waals surface area contributed by atoms with Crippen molar-refractivity contribution >= 4 is 65.6 Å². The van der Waals surface area contributed by atoms with E-state index in [4.69, 9.17) is 19.4 Å². The van der Waals surface area contributed by atoms with E-state index in [1.165, 1.54) is 21.8 Å². The SMILES string of the molecule is c1ccc(-c2nc(-c3ccccc3)nc(-c3cccc(-n4c5cc(-n6c7ccccc7c7ccccc76)ccc5c5c6c(ccc54)oc4ccccc46)c3)n2)cc1. The monoisotopic (exact) mass is 729 g/mol. The lowest BCUT2D eigenvalue weighted by atomic mass is 10.1. The first kappa shape index (κ1) is 31.5. The van der Waals surface area contributed by atoms with E-state index in [9.17, 15) is 0 Å². The summed E-state index contributed by atoms with van der Waals surface area (Å²) in [6.45, 7) is 0. The van der Waals surface area contributed by atoms with E-state index in [2.05, 4.69) is 124 Å². The fourth-order valence-electron chi connectivity index (χ4n) is 8.65. The number of hydrogen-bond donors (Lipinski definition) is 0. The number of furan rings is 1. The Balaban J connectivity index is 1.14. The quantitative estimate of drug-likeness (QED) is 0.177. The minimum absolute atomic E-state index is 0.611. The third-order valence-corrected chi connectivity index (χ3v) is 11.2. The van der Waals surface area contributed by atoms with E-state index in [1.807, 2.05) is 72.8 Å². The van der Waals surface area contributed by atoms with E-state index in [0.29, 0.717) is 17.5 Å². The second-order valence-electron chi connectivity index (χ2n) is 14.4. The van der Waals surface area contributed by atoms with Gasteiger partial charge in [-0.15, -0.1) is 0 Å². The third-order valence-electron chi connectivity index (χ3n) is 11.2. The summed E-state index contributed by atoms with van der Waals surface area (Å²) in [6, 6.07) is 65.6. The lowest BCUT2D eigenvalue weighted by Crippen LogP contribution is -2.01. The molecule has 0 amide bonds. The summed E-state index contributed by atoms with van der Waals surface area (Å²) in [6.07, 6.45) is 0. The molecule has 0 N–H and O–H groups in total. The molecule has 12 rings (SSSR count). The van der Waals surface area contributed by atoms with Crippen LogP contribution in [-0.2, 0) is 0 Å². The first-order chi connectivity index (χ1) is 28.3. The van der Waals surface area contributed by atoms with Crippen molar-refractivity contribution in [3.05, 3.63) is 188 Å². The van der Waals surface area contributed by atoms with Crippen molar-refractivity contribution in [3.8, 4) is 45.5 Å². The Morgan fingerprint density at radius 2 is 0.860 bits per heavy atom. The smallest absolute Gasteiger partial charge is 0.164 e. The summed E-state index contributed by atoms with van der Waals surface area (Å²) in [5, 5.41) is 6.99. The van der Waals surface area contributed by atoms with Crippen LogP contribution in [0.25, 0.3) is 111 Å². The lowest BCUT2D eigenvalue weighted by Gasteiger charge is -2.13. The Hall–Kier alpha value is -7.83. The number of benzene rings is 8. The predicted molar refractivity (Wildman–Crippen MR) is 232 cm³/mol. The summed E-state index contributed by atoms with van der Waals surface area (Å²) in [4.78, 5) is 15.1. The molecule has 0 bridgehead atoms. The molecule has 6 nitrogen and oxygen atoms in total. The van der Waals surface area contributed by atoms with Crippen LogP contribution in [0.3, 0.4) is 0 Å². The van der Waals surface area contributed by atoms with Gasteiger partial charge in [0.05, 0.1) is 22.1 Å². The van der Waals surface area contributed by atoms with Crippen molar-refractivity contribution in [1.82, 2.24) is 24.1 Å². The number of para-hydroxylation sites is 3. The zero-order valence-corrected chi connectivity index (χ0v) is 30.5. The lowest BCUT2D eigenvalue weighted by molar-refractivity contribution is 0.669. The molecule has 0 fully saturated rings. The highest BCUT2D eigenvalue weighted by molar-refractivity contribution is 6.27. The molecule has 0 saturated carbocycles. The summed E-state index contributed by atoms with van der Waals surface area (Å²) in [5.74, 6) is 1.87. The topological polar surface area (TPSA) is 61.7 Å². The zero-order valence-electron chi connectivity index (χ0n) is 30.5. The second-order valence-corrected chi connectivity index (χ2v) is 14.4. The fraction of sp³-hybridized carbons (Fsp3) is 0. The van der Waals surface area contributed by atoms with Crippen molar-refractivity contribution in [3.63, 3.8) is 0 Å². The molecular formula is C51H31N5O. The predicted octanol–water partition coefficient (Wildman–Crippen LogP) is 13.0. The van der Waals surface area contributed by atoms with E-state index >= 15 is 0 Å². The highest BCUT2D eigenvalue weighted by Crippen LogP contribution is 2.43. The van der Waals surface area contributed by atoms with E-state index in [0.717, 1.165) is 71.8 Å². The first-order valence-electron chi connectivity index (χ1n) is 19.1. The Kier molecular flexibility index (Phi) is 6.83. The molecule has 0 atom stereocenters. The maximum absolute atomic E-state index is 6.44. The number of aromatic nitrogens is 5. The maximum atomic E-state index is 6.44. The Labute approximate surface area is 326 Å². The molecule has 57 heavy (non-hydrogen) atoms. The van der Waals surface area contributed by atoms with Gasteiger partial charge in [-0.2, -0.15) is 0 Å². The molecule has 0 spiro atoms. The van der Waals surface area contributed by atoms with Gasteiger partial charge in [-0.3, -0.25) is 0 Å². The van der Waals surface area contributed by atoms with Crippen molar-refractivity contribution in [1.29, 1.82) is 0 Å². The van der Waals surface area contributed by atoms with Gasteiger partial charge in [0.15, 0.2) is 17.5 Å². The zero-order chi connectivity index (χ0) is 37.5. The van der Waals surface area contributed by atoms with Crippen LogP contribution in [0.5, 0.6) is 0 Å². The Bertz CT molecular complexity index is 3410. The summed E-state index contributed by atoms with van der Waals surface area (Å²) in [7, 11) is 0. The van der Waals surface area contributed by atoms with Gasteiger partial charge >= 0.3 is 0 Å². The fourth-order valence-corrected chi connectivity index (χ4v) is 8.65. The number of nitrogens with zero attached hydrogens (tertiary/aromatic N) is 5. The maximum Gasteiger partial charge on any atom is 0.164 e. The van der Waals surface area contributed by atoms with E-state index < -0.39 is 0 Å². The highest BCUT2D eigenvalue weighted by atomic mass is 16.3. The molecule has 266 valence electrons. The highest BCUT2D eigenvalue weighted by Gasteiger charge is 2.21. The molecule has 12 aromatic rings. The largest absolute Gasteiger partial charge is 0.456 e. The Morgan fingerprint density at radius 3 is 1.54 bits per heavy atom. The molecule has 0 aliphatic heterocycles. The molecule has 0 aliphatic carbocycles. The molecule has 8 aromatic carbocycles. The average molecular weight is 730 g/mol. The van der Waals surface area contributed by atoms with Gasteiger partial charge in [0, 0.05) is 60.4 Å². The van der Waals surface area contributed by atoms with Crippen molar-refractivity contribution in [2.45, 2.75) is 0 Å². The molecule has 4 heterocycles. The normalized spacial score (nSPS) is 11.9. The van der Waals surface area contributed by atoms with Crippen molar-refractivity contribution in [2.75, 3.05) is 0 Å². The minimum atomic E-state index is 0.611. The van der Waals surface area contributed by atoms with Gasteiger partial charge in [0.25, 0.3) is 0 Å². The van der Waals surface area contributed by atoms with Crippen LogP contribution < -0.4 is 0 Å². The van der Waals surface area contributed by atoms with Gasteiger partial charge < -0.3 is 13.6 Å². The van der Waals surface area contributed by atoms with Gasteiger partial charge in [0.1, 0.15) is 11.2 Å². The molecule has 0 unspecified atom stereocenters. The summed E-state index contributed by atoms with van der Waals surface area (Å²) >= 11 is 0. The Morgan fingerprint density at radius 1 is 0.316 bits per heavy atom. The van der Waals surface area contributed by atoms with Crippen molar-refractivity contribution in [2.24, 2.45) is 0 Å².